The Kier molecular flexibility index (Phi) is 4.92. The fraction of sp³-hybridized carbons (Fsp3) is 0.412. The average Bonchev–Trinajstić information content (AvgIpc) is 2.29. The number of aliphatic hydroxyl groups is 1. The maximum atomic E-state index is 10.4. The van der Waals surface area contributed by atoms with E-state index in [1.54, 1.807) is 0 Å². The zero-order valence-corrected chi connectivity index (χ0v) is 11.9. The van der Waals surface area contributed by atoms with Crippen LogP contribution in [-0.2, 0) is 0 Å². The summed E-state index contributed by atoms with van der Waals surface area (Å²) in [5, 5.41) is 10.4. The van der Waals surface area contributed by atoms with Crippen molar-refractivity contribution in [2.24, 2.45) is 11.3 Å². The predicted molar refractivity (Wildman–Crippen MR) is 79.2 cm³/mol. The molecule has 0 aliphatic rings. The maximum Gasteiger partial charge on any atom is 0.0818 e. The highest BCUT2D eigenvalue weighted by atomic mass is 16.3. The molecule has 98 valence electrons. The van der Waals surface area contributed by atoms with Gasteiger partial charge in [-0.2, -0.15) is 0 Å². The van der Waals surface area contributed by atoms with Crippen molar-refractivity contribution in [3.05, 3.63) is 54.1 Å². The minimum atomic E-state index is -0.484. The van der Waals surface area contributed by atoms with Gasteiger partial charge in [0.2, 0.25) is 0 Å². The third kappa shape index (κ3) is 3.85. The van der Waals surface area contributed by atoms with E-state index in [9.17, 15) is 5.11 Å². The van der Waals surface area contributed by atoms with Crippen LogP contribution in [0, 0.1) is 11.3 Å². The Hall–Kier alpha value is -1.34. The van der Waals surface area contributed by atoms with Crippen LogP contribution >= 0.6 is 0 Å². The molecule has 1 N–H and O–H groups in total. The number of aliphatic hydroxyl groups excluding tert-OH is 1. The van der Waals surface area contributed by atoms with E-state index in [2.05, 4.69) is 27.4 Å². The van der Waals surface area contributed by atoms with Gasteiger partial charge in [0.05, 0.1) is 6.10 Å². The SMILES string of the molecule is C=C[C@H]([C@H](O)/C(C)=C/c1ccccc1)C(C)(C)C. The minimum absolute atomic E-state index is 0.00690. The van der Waals surface area contributed by atoms with Gasteiger partial charge in [-0.3, -0.25) is 0 Å². The molecule has 0 unspecified atom stereocenters. The first-order chi connectivity index (χ1) is 8.36. The average molecular weight is 244 g/mol. The molecule has 0 aromatic heterocycles. The smallest absolute Gasteiger partial charge is 0.0818 e. The van der Waals surface area contributed by atoms with Crippen LogP contribution in [0.5, 0.6) is 0 Å². The monoisotopic (exact) mass is 244 g/mol. The zero-order valence-electron chi connectivity index (χ0n) is 11.9. The van der Waals surface area contributed by atoms with Crippen LogP contribution in [0.2, 0.25) is 0 Å². The molecule has 0 radical (unpaired) electrons. The van der Waals surface area contributed by atoms with Crippen molar-refractivity contribution in [2.75, 3.05) is 0 Å². The first-order valence-corrected chi connectivity index (χ1v) is 6.40. The summed E-state index contributed by atoms with van der Waals surface area (Å²) in [7, 11) is 0. The Bertz CT molecular complexity index is 409. The molecule has 1 heteroatoms. The van der Waals surface area contributed by atoms with Crippen LogP contribution in [-0.4, -0.2) is 11.2 Å². The fourth-order valence-corrected chi connectivity index (χ4v) is 2.14. The van der Waals surface area contributed by atoms with Crippen molar-refractivity contribution < 1.29 is 5.11 Å². The van der Waals surface area contributed by atoms with E-state index in [1.165, 1.54) is 0 Å². The Morgan fingerprint density at radius 3 is 2.22 bits per heavy atom. The number of rotatable bonds is 4. The lowest BCUT2D eigenvalue weighted by Gasteiger charge is -2.32. The molecule has 0 spiro atoms. The first-order valence-electron chi connectivity index (χ1n) is 6.40. The number of benzene rings is 1. The molecule has 18 heavy (non-hydrogen) atoms. The predicted octanol–water partition coefficient (Wildman–Crippen LogP) is 4.30. The first kappa shape index (κ1) is 14.7. The summed E-state index contributed by atoms with van der Waals surface area (Å²) < 4.78 is 0. The van der Waals surface area contributed by atoms with E-state index in [0.717, 1.165) is 11.1 Å². The second-order valence-electron chi connectivity index (χ2n) is 5.87. The number of hydrogen-bond acceptors (Lipinski definition) is 1. The summed E-state index contributed by atoms with van der Waals surface area (Å²) in [6.07, 6.45) is 3.41. The van der Waals surface area contributed by atoms with Gasteiger partial charge in [0.15, 0.2) is 0 Å². The van der Waals surface area contributed by atoms with Gasteiger partial charge < -0.3 is 5.11 Å². The molecule has 0 aliphatic carbocycles. The van der Waals surface area contributed by atoms with Gasteiger partial charge in [0.25, 0.3) is 0 Å². The summed E-state index contributed by atoms with van der Waals surface area (Å²) in [6.45, 7) is 12.2. The van der Waals surface area contributed by atoms with Crippen LogP contribution in [0.15, 0.2) is 48.6 Å². The van der Waals surface area contributed by atoms with E-state index in [0.29, 0.717) is 0 Å². The Morgan fingerprint density at radius 1 is 1.22 bits per heavy atom. The molecule has 1 aromatic rings. The topological polar surface area (TPSA) is 20.2 Å². The van der Waals surface area contributed by atoms with Gasteiger partial charge in [-0.15, -0.1) is 6.58 Å². The molecule has 0 bridgehead atoms. The Labute approximate surface area is 111 Å². The van der Waals surface area contributed by atoms with Gasteiger partial charge >= 0.3 is 0 Å². The van der Waals surface area contributed by atoms with Crippen LogP contribution in [0.4, 0.5) is 0 Å². The quantitative estimate of drug-likeness (QED) is 0.783. The van der Waals surface area contributed by atoms with Gasteiger partial charge in [-0.1, -0.05) is 63.3 Å². The van der Waals surface area contributed by atoms with Gasteiger partial charge in [0.1, 0.15) is 0 Å². The molecule has 2 atom stereocenters. The molecule has 0 saturated carbocycles. The normalized spacial score (nSPS) is 16.2. The molecule has 1 nitrogen and oxygen atoms in total. The lowest BCUT2D eigenvalue weighted by atomic mass is 9.75. The summed E-state index contributed by atoms with van der Waals surface area (Å²) in [6, 6.07) is 10.1. The fourth-order valence-electron chi connectivity index (χ4n) is 2.14. The third-order valence-electron chi connectivity index (χ3n) is 3.25. The minimum Gasteiger partial charge on any atom is -0.388 e. The highest BCUT2D eigenvalue weighted by Gasteiger charge is 2.29. The molecule has 0 heterocycles. The summed E-state index contributed by atoms with van der Waals surface area (Å²) >= 11 is 0. The van der Waals surface area contributed by atoms with E-state index in [-0.39, 0.29) is 11.3 Å². The molecule has 1 aromatic carbocycles. The van der Waals surface area contributed by atoms with Gasteiger partial charge in [0, 0.05) is 5.92 Å². The van der Waals surface area contributed by atoms with E-state index in [1.807, 2.05) is 49.4 Å². The van der Waals surface area contributed by atoms with Crippen molar-refractivity contribution in [3.8, 4) is 0 Å². The molecular weight excluding hydrogens is 220 g/mol. The summed E-state index contributed by atoms with van der Waals surface area (Å²) in [5.74, 6) is 0.0532. The molecule has 0 saturated heterocycles. The van der Waals surface area contributed by atoms with Crippen molar-refractivity contribution in [3.63, 3.8) is 0 Å². The lowest BCUT2D eigenvalue weighted by molar-refractivity contribution is 0.100. The van der Waals surface area contributed by atoms with Crippen molar-refractivity contribution in [1.82, 2.24) is 0 Å². The van der Waals surface area contributed by atoms with Crippen LogP contribution in [0.1, 0.15) is 33.3 Å². The second-order valence-corrected chi connectivity index (χ2v) is 5.87. The van der Waals surface area contributed by atoms with E-state index in [4.69, 9.17) is 0 Å². The standard InChI is InChI=1S/C17H24O/c1-6-15(17(3,4)5)16(18)13(2)12-14-10-8-7-9-11-14/h6-12,15-16,18H,1H2,2-5H3/b13-12+/t15-,16-/m1/s1. The molecular formula is C17H24O. The van der Waals surface area contributed by atoms with E-state index < -0.39 is 6.10 Å². The molecule has 0 fully saturated rings. The van der Waals surface area contributed by atoms with E-state index >= 15 is 0 Å². The largest absolute Gasteiger partial charge is 0.388 e. The highest BCUT2D eigenvalue weighted by molar-refractivity contribution is 5.53. The zero-order chi connectivity index (χ0) is 13.8. The van der Waals surface area contributed by atoms with Crippen molar-refractivity contribution in [2.45, 2.75) is 33.8 Å². The second kappa shape index (κ2) is 6.01. The Balaban J connectivity index is 2.93. The summed E-state index contributed by atoms with van der Waals surface area (Å²) in [4.78, 5) is 0. The van der Waals surface area contributed by atoms with Crippen molar-refractivity contribution >= 4 is 6.08 Å². The number of hydrogen-bond donors (Lipinski definition) is 1. The Morgan fingerprint density at radius 2 is 1.78 bits per heavy atom. The summed E-state index contributed by atoms with van der Waals surface area (Å²) in [5.41, 5.74) is 2.10. The highest BCUT2D eigenvalue weighted by Crippen LogP contribution is 2.32. The molecule has 1 rings (SSSR count). The molecule has 0 amide bonds. The van der Waals surface area contributed by atoms with Crippen LogP contribution < -0.4 is 0 Å². The van der Waals surface area contributed by atoms with Crippen LogP contribution in [0.3, 0.4) is 0 Å². The third-order valence-corrected chi connectivity index (χ3v) is 3.25. The molecule has 0 aliphatic heterocycles. The van der Waals surface area contributed by atoms with Crippen molar-refractivity contribution in [1.29, 1.82) is 0 Å². The lowest BCUT2D eigenvalue weighted by Crippen LogP contribution is -2.31. The van der Waals surface area contributed by atoms with Crippen LogP contribution in [0.25, 0.3) is 6.08 Å². The van der Waals surface area contributed by atoms with Gasteiger partial charge in [-0.05, 0) is 23.5 Å². The maximum absolute atomic E-state index is 10.4. The van der Waals surface area contributed by atoms with Gasteiger partial charge in [-0.25, -0.2) is 0 Å².